The van der Waals surface area contributed by atoms with E-state index in [1.165, 1.54) is 18.2 Å². The fourth-order valence-corrected chi connectivity index (χ4v) is 3.85. The Bertz CT molecular complexity index is 768. The molecule has 0 aromatic heterocycles. The maximum atomic E-state index is 14.2. The molecule has 0 spiro atoms. The van der Waals surface area contributed by atoms with E-state index in [0.29, 0.717) is 0 Å². The maximum absolute atomic E-state index is 14.2. The van der Waals surface area contributed by atoms with E-state index in [0.717, 1.165) is 61.8 Å². The molecule has 1 fully saturated rings. The van der Waals surface area contributed by atoms with Crippen molar-refractivity contribution in [3.8, 4) is 0 Å². The van der Waals surface area contributed by atoms with Gasteiger partial charge in [0.2, 0.25) is 0 Å². The molecule has 1 aliphatic heterocycles. The zero-order valence-electron chi connectivity index (χ0n) is 16.4. The van der Waals surface area contributed by atoms with Gasteiger partial charge in [0.25, 0.3) is 0 Å². The highest BCUT2D eigenvalue weighted by Crippen LogP contribution is 2.29. The number of anilines is 1. The van der Waals surface area contributed by atoms with Crippen molar-refractivity contribution >= 4 is 5.69 Å². The average Bonchev–Trinajstić information content (AvgIpc) is 2.63. The number of hydrogen-bond acceptors (Lipinski definition) is 3. The van der Waals surface area contributed by atoms with Crippen molar-refractivity contribution in [3.63, 3.8) is 0 Å². The maximum Gasteiger partial charge on any atom is 0.129 e. The highest BCUT2D eigenvalue weighted by Gasteiger charge is 2.17. The lowest BCUT2D eigenvalue weighted by Crippen LogP contribution is -2.41. The molecule has 0 radical (unpaired) electrons. The van der Waals surface area contributed by atoms with Gasteiger partial charge in [-0.3, -0.25) is 4.90 Å². The number of morpholine rings is 1. The molecule has 0 aliphatic carbocycles. The van der Waals surface area contributed by atoms with Gasteiger partial charge in [0.05, 0.1) is 13.2 Å². The molecule has 0 bridgehead atoms. The van der Waals surface area contributed by atoms with Gasteiger partial charge in [0.1, 0.15) is 11.6 Å². The molecule has 3 nitrogen and oxygen atoms in total. The summed E-state index contributed by atoms with van der Waals surface area (Å²) >= 11 is 0. The number of ether oxygens (including phenoxy) is 1. The summed E-state index contributed by atoms with van der Waals surface area (Å²) in [5, 5.41) is 0. The minimum absolute atomic E-state index is 0.130. The summed E-state index contributed by atoms with van der Waals surface area (Å²) in [4.78, 5) is 4.60. The van der Waals surface area contributed by atoms with Crippen LogP contribution in [0.3, 0.4) is 0 Å². The Morgan fingerprint density at radius 3 is 2.41 bits per heavy atom. The van der Waals surface area contributed by atoms with Crippen molar-refractivity contribution in [2.24, 2.45) is 0 Å². The SMILES string of the molecule is Cc1cc(C)c(N(C)CCN2CCOCC2)c(Cc2c(F)cccc2F)c1. The number of benzene rings is 2. The standard InChI is InChI=1S/C22H28F2N2O/c1-16-13-17(2)22(25(3)7-8-26-9-11-27-12-10-26)18(14-16)15-19-20(23)5-4-6-21(19)24/h4-6,13-14H,7-12,15H2,1-3H3. The number of nitrogens with zero attached hydrogens (tertiary/aromatic N) is 2. The van der Waals surface area contributed by atoms with E-state index in [-0.39, 0.29) is 12.0 Å². The van der Waals surface area contributed by atoms with Crippen LogP contribution in [0.15, 0.2) is 30.3 Å². The van der Waals surface area contributed by atoms with Gasteiger partial charge in [-0.1, -0.05) is 23.8 Å². The Labute approximate surface area is 160 Å². The molecule has 0 amide bonds. The molecule has 2 aromatic carbocycles. The molecule has 146 valence electrons. The van der Waals surface area contributed by atoms with Gasteiger partial charge in [-0.05, 0) is 37.1 Å². The second-order valence-electron chi connectivity index (χ2n) is 7.34. The average molecular weight is 374 g/mol. The zero-order chi connectivity index (χ0) is 19.4. The van der Waals surface area contributed by atoms with Crippen molar-refractivity contribution < 1.29 is 13.5 Å². The molecule has 1 heterocycles. The van der Waals surface area contributed by atoms with Crippen molar-refractivity contribution in [1.82, 2.24) is 4.90 Å². The third-order valence-electron chi connectivity index (χ3n) is 5.19. The van der Waals surface area contributed by atoms with Crippen molar-refractivity contribution in [2.75, 3.05) is 51.3 Å². The van der Waals surface area contributed by atoms with Crippen LogP contribution in [0.1, 0.15) is 22.3 Å². The molecule has 27 heavy (non-hydrogen) atoms. The van der Waals surface area contributed by atoms with E-state index in [4.69, 9.17) is 4.74 Å². The Kier molecular flexibility index (Phi) is 6.45. The quantitative estimate of drug-likeness (QED) is 0.762. The Morgan fingerprint density at radius 2 is 1.74 bits per heavy atom. The Hall–Kier alpha value is -1.98. The van der Waals surface area contributed by atoms with Crippen molar-refractivity contribution in [1.29, 1.82) is 0 Å². The lowest BCUT2D eigenvalue weighted by molar-refractivity contribution is 0.0393. The lowest BCUT2D eigenvalue weighted by atomic mass is 9.96. The fourth-order valence-electron chi connectivity index (χ4n) is 3.85. The second kappa shape index (κ2) is 8.81. The van der Waals surface area contributed by atoms with Crippen molar-refractivity contribution in [2.45, 2.75) is 20.3 Å². The first-order chi connectivity index (χ1) is 13.0. The third-order valence-corrected chi connectivity index (χ3v) is 5.19. The normalized spacial score (nSPS) is 15.1. The van der Waals surface area contributed by atoms with Crippen LogP contribution in [-0.2, 0) is 11.2 Å². The molecule has 1 saturated heterocycles. The van der Waals surface area contributed by atoms with E-state index in [1.807, 2.05) is 13.0 Å². The van der Waals surface area contributed by atoms with Crippen LogP contribution in [0.4, 0.5) is 14.5 Å². The molecule has 3 rings (SSSR count). The monoisotopic (exact) mass is 374 g/mol. The third kappa shape index (κ3) is 4.85. The molecule has 0 unspecified atom stereocenters. The Balaban J connectivity index is 1.83. The summed E-state index contributed by atoms with van der Waals surface area (Å²) in [6, 6.07) is 8.22. The highest BCUT2D eigenvalue weighted by atomic mass is 19.1. The van der Waals surface area contributed by atoms with Crippen LogP contribution < -0.4 is 4.90 Å². The first kappa shape index (κ1) is 19.8. The molecule has 0 atom stereocenters. The van der Waals surface area contributed by atoms with Crippen LogP contribution in [0.2, 0.25) is 0 Å². The number of aryl methyl sites for hydroxylation is 2. The topological polar surface area (TPSA) is 15.7 Å². The fraction of sp³-hybridized carbons (Fsp3) is 0.455. The summed E-state index contributed by atoms with van der Waals surface area (Å²) in [6.07, 6.45) is 0.248. The number of hydrogen-bond donors (Lipinski definition) is 0. The summed E-state index contributed by atoms with van der Waals surface area (Å²) in [5.41, 5.74) is 4.39. The first-order valence-corrected chi connectivity index (χ1v) is 9.50. The van der Waals surface area contributed by atoms with E-state index < -0.39 is 11.6 Å². The van der Waals surface area contributed by atoms with Crippen LogP contribution >= 0.6 is 0 Å². The van der Waals surface area contributed by atoms with Gasteiger partial charge in [0.15, 0.2) is 0 Å². The van der Waals surface area contributed by atoms with E-state index in [2.05, 4.69) is 29.8 Å². The van der Waals surface area contributed by atoms with Crippen LogP contribution in [0.25, 0.3) is 0 Å². The van der Waals surface area contributed by atoms with Gasteiger partial charge in [-0.15, -0.1) is 0 Å². The van der Waals surface area contributed by atoms with Gasteiger partial charge < -0.3 is 9.64 Å². The minimum Gasteiger partial charge on any atom is -0.379 e. The van der Waals surface area contributed by atoms with Crippen molar-refractivity contribution in [3.05, 3.63) is 64.2 Å². The predicted octanol–water partition coefficient (Wildman–Crippen LogP) is 3.94. The smallest absolute Gasteiger partial charge is 0.129 e. The molecule has 2 aromatic rings. The molecule has 1 aliphatic rings. The first-order valence-electron chi connectivity index (χ1n) is 9.50. The summed E-state index contributed by atoms with van der Waals surface area (Å²) < 4.78 is 33.8. The molecule has 0 N–H and O–H groups in total. The number of rotatable bonds is 6. The largest absolute Gasteiger partial charge is 0.379 e. The van der Waals surface area contributed by atoms with Gasteiger partial charge in [0, 0.05) is 50.9 Å². The summed E-state index contributed by atoms with van der Waals surface area (Å²) in [5.74, 6) is -0.979. The Morgan fingerprint density at radius 1 is 1.07 bits per heavy atom. The highest BCUT2D eigenvalue weighted by molar-refractivity contribution is 5.61. The molecule has 5 heteroatoms. The van der Waals surface area contributed by atoms with Crippen LogP contribution in [0, 0.1) is 25.5 Å². The van der Waals surface area contributed by atoms with Gasteiger partial charge in [-0.25, -0.2) is 8.78 Å². The number of likely N-dealkylation sites (N-methyl/N-ethyl adjacent to an activating group) is 1. The van der Waals surface area contributed by atoms with Gasteiger partial charge in [-0.2, -0.15) is 0 Å². The molecular weight excluding hydrogens is 346 g/mol. The molecular formula is C22H28F2N2O. The predicted molar refractivity (Wildman–Crippen MR) is 106 cm³/mol. The number of halogens is 2. The van der Waals surface area contributed by atoms with E-state index in [1.54, 1.807) is 0 Å². The summed E-state index contributed by atoms with van der Waals surface area (Å²) in [7, 11) is 2.05. The van der Waals surface area contributed by atoms with E-state index >= 15 is 0 Å². The summed E-state index contributed by atoms with van der Waals surface area (Å²) in [6.45, 7) is 9.36. The van der Waals surface area contributed by atoms with Crippen LogP contribution in [-0.4, -0.2) is 51.3 Å². The van der Waals surface area contributed by atoms with E-state index in [9.17, 15) is 8.78 Å². The van der Waals surface area contributed by atoms with Gasteiger partial charge >= 0.3 is 0 Å². The lowest BCUT2D eigenvalue weighted by Gasteiger charge is -2.31. The zero-order valence-corrected chi connectivity index (χ0v) is 16.4. The minimum atomic E-state index is -0.490. The molecule has 0 saturated carbocycles. The second-order valence-corrected chi connectivity index (χ2v) is 7.34. The van der Waals surface area contributed by atoms with Crippen LogP contribution in [0.5, 0.6) is 0 Å².